The number of hydrogen-bond acceptors (Lipinski definition) is 5. The van der Waals surface area contributed by atoms with Gasteiger partial charge in [-0.3, -0.25) is 9.69 Å². The molecule has 2 aromatic carbocycles. The van der Waals surface area contributed by atoms with Crippen LogP contribution < -0.4 is 10.2 Å². The SMILES string of the molecule is O=C(NC1c2cc(N3CCN(C4COC4)CC3)ccc2CCC[C@@H]1O)c1ccc(F)cc1. The monoisotopic (exact) mass is 439 g/mol. The van der Waals surface area contributed by atoms with Crippen LogP contribution in [-0.4, -0.2) is 67.5 Å². The zero-order valence-corrected chi connectivity index (χ0v) is 18.2. The van der Waals surface area contributed by atoms with Crippen molar-refractivity contribution in [1.82, 2.24) is 10.2 Å². The predicted molar refractivity (Wildman–Crippen MR) is 120 cm³/mol. The average Bonchev–Trinajstić information content (AvgIpc) is 2.92. The Kier molecular flexibility index (Phi) is 6.13. The number of benzene rings is 2. The van der Waals surface area contributed by atoms with E-state index >= 15 is 0 Å². The largest absolute Gasteiger partial charge is 0.391 e. The molecule has 2 N–H and O–H groups in total. The number of carbonyl (C=O) groups is 1. The van der Waals surface area contributed by atoms with E-state index in [9.17, 15) is 14.3 Å². The number of ether oxygens (including phenoxy) is 1. The van der Waals surface area contributed by atoms with Gasteiger partial charge in [-0.05, 0) is 66.8 Å². The first-order valence-corrected chi connectivity index (χ1v) is 11.5. The van der Waals surface area contributed by atoms with Gasteiger partial charge in [0.15, 0.2) is 0 Å². The molecule has 0 radical (unpaired) electrons. The third-order valence-electron chi connectivity index (χ3n) is 7.00. The fourth-order valence-electron chi connectivity index (χ4n) is 4.95. The Morgan fingerprint density at radius 1 is 1.06 bits per heavy atom. The Labute approximate surface area is 188 Å². The van der Waals surface area contributed by atoms with E-state index in [1.165, 1.54) is 29.8 Å². The molecule has 2 aliphatic heterocycles. The van der Waals surface area contributed by atoms with Gasteiger partial charge >= 0.3 is 0 Å². The van der Waals surface area contributed by atoms with E-state index in [0.29, 0.717) is 18.0 Å². The fourth-order valence-corrected chi connectivity index (χ4v) is 4.95. The predicted octanol–water partition coefficient (Wildman–Crippen LogP) is 2.51. The van der Waals surface area contributed by atoms with E-state index < -0.39 is 12.1 Å². The van der Waals surface area contributed by atoms with Gasteiger partial charge in [-0.15, -0.1) is 0 Å². The Morgan fingerprint density at radius 3 is 2.50 bits per heavy atom. The highest BCUT2D eigenvalue weighted by molar-refractivity contribution is 5.94. The number of nitrogens with one attached hydrogen (secondary N) is 1. The molecule has 7 heteroatoms. The van der Waals surface area contributed by atoms with Crippen LogP contribution in [0.15, 0.2) is 42.5 Å². The van der Waals surface area contributed by atoms with Crippen molar-refractivity contribution in [1.29, 1.82) is 0 Å². The summed E-state index contributed by atoms with van der Waals surface area (Å²) < 4.78 is 18.6. The van der Waals surface area contributed by atoms with Gasteiger partial charge in [-0.1, -0.05) is 6.07 Å². The smallest absolute Gasteiger partial charge is 0.251 e. The van der Waals surface area contributed by atoms with Gasteiger partial charge in [-0.25, -0.2) is 4.39 Å². The molecule has 0 spiro atoms. The lowest BCUT2D eigenvalue weighted by Crippen LogP contribution is -2.56. The summed E-state index contributed by atoms with van der Waals surface area (Å²) in [6.45, 7) is 5.60. The fraction of sp³-hybridized carbons (Fsp3) is 0.480. The van der Waals surface area contributed by atoms with Crippen LogP contribution in [0.2, 0.25) is 0 Å². The summed E-state index contributed by atoms with van der Waals surface area (Å²) in [4.78, 5) is 17.7. The zero-order valence-electron chi connectivity index (χ0n) is 18.2. The molecule has 2 heterocycles. The number of aryl methyl sites for hydroxylation is 1. The highest BCUT2D eigenvalue weighted by Gasteiger charge is 2.31. The van der Waals surface area contributed by atoms with Crippen LogP contribution in [-0.2, 0) is 11.2 Å². The highest BCUT2D eigenvalue weighted by atomic mass is 19.1. The number of nitrogens with zero attached hydrogens (tertiary/aromatic N) is 2. The standard InChI is InChI=1S/C25H30FN3O3/c26-19-7-4-18(5-8-19)25(31)27-24-22-14-20(9-6-17(22)2-1-3-23(24)30)28-10-12-29(13-11-28)21-15-32-16-21/h4-9,14,21,23-24,30H,1-3,10-13,15-16H2,(H,27,31)/t23-,24?/m0/s1. The molecule has 1 aliphatic carbocycles. The third-order valence-corrected chi connectivity index (χ3v) is 7.00. The minimum atomic E-state index is -0.661. The lowest BCUT2D eigenvalue weighted by molar-refractivity contribution is -0.0660. The minimum absolute atomic E-state index is 0.302. The van der Waals surface area contributed by atoms with E-state index in [2.05, 4.69) is 33.3 Å². The molecule has 1 unspecified atom stereocenters. The molecule has 170 valence electrons. The second-order valence-corrected chi connectivity index (χ2v) is 9.02. The number of fused-ring (bicyclic) bond motifs is 1. The number of amides is 1. The molecule has 2 aromatic rings. The molecular weight excluding hydrogens is 409 g/mol. The van der Waals surface area contributed by atoms with E-state index in [-0.39, 0.29) is 11.7 Å². The maximum atomic E-state index is 13.2. The molecule has 2 atom stereocenters. The number of aliphatic hydroxyl groups is 1. The van der Waals surface area contributed by atoms with E-state index in [4.69, 9.17) is 4.74 Å². The number of rotatable bonds is 4. The van der Waals surface area contributed by atoms with E-state index in [1.807, 2.05) is 0 Å². The maximum absolute atomic E-state index is 13.2. The quantitative estimate of drug-likeness (QED) is 0.717. The van der Waals surface area contributed by atoms with Crippen molar-refractivity contribution in [2.45, 2.75) is 37.5 Å². The summed E-state index contributed by atoms with van der Waals surface area (Å²) in [5, 5.41) is 13.9. The maximum Gasteiger partial charge on any atom is 0.251 e. The number of hydrogen-bond donors (Lipinski definition) is 2. The molecular formula is C25H30FN3O3. The second-order valence-electron chi connectivity index (χ2n) is 9.02. The molecule has 6 nitrogen and oxygen atoms in total. The number of anilines is 1. The van der Waals surface area contributed by atoms with Gasteiger partial charge in [0, 0.05) is 37.4 Å². The summed E-state index contributed by atoms with van der Waals surface area (Å²) >= 11 is 0. The van der Waals surface area contributed by atoms with Crippen LogP contribution in [0.5, 0.6) is 0 Å². The molecule has 0 bridgehead atoms. The summed E-state index contributed by atoms with van der Waals surface area (Å²) in [7, 11) is 0. The molecule has 32 heavy (non-hydrogen) atoms. The van der Waals surface area contributed by atoms with Gasteiger partial charge in [-0.2, -0.15) is 0 Å². The lowest BCUT2D eigenvalue weighted by Gasteiger charge is -2.43. The topological polar surface area (TPSA) is 65.0 Å². The van der Waals surface area contributed by atoms with Crippen LogP contribution in [0, 0.1) is 5.82 Å². The molecule has 5 rings (SSSR count). The van der Waals surface area contributed by atoms with E-state index in [1.54, 1.807) is 0 Å². The van der Waals surface area contributed by atoms with Crippen LogP contribution in [0.25, 0.3) is 0 Å². The third kappa shape index (κ3) is 4.37. The highest BCUT2D eigenvalue weighted by Crippen LogP contribution is 2.33. The van der Waals surface area contributed by atoms with Gasteiger partial charge in [0.05, 0.1) is 31.4 Å². The number of piperazine rings is 1. The summed E-state index contributed by atoms with van der Waals surface area (Å²) in [5.74, 6) is -0.681. The molecule has 2 saturated heterocycles. The first-order valence-electron chi connectivity index (χ1n) is 11.5. The van der Waals surface area contributed by atoms with Crippen LogP contribution in [0.3, 0.4) is 0 Å². The van der Waals surface area contributed by atoms with Crippen molar-refractivity contribution >= 4 is 11.6 Å². The molecule has 2 fully saturated rings. The Bertz CT molecular complexity index is 955. The van der Waals surface area contributed by atoms with Gasteiger partial charge in [0.25, 0.3) is 5.91 Å². The van der Waals surface area contributed by atoms with Gasteiger partial charge < -0.3 is 20.1 Å². The summed E-state index contributed by atoms with van der Waals surface area (Å²) in [6.07, 6.45) is 1.72. The first-order chi connectivity index (χ1) is 15.6. The first kappa shape index (κ1) is 21.4. The van der Waals surface area contributed by atoms with Gasteiger partial charge in [0.2, 0.25) is 0 Å². The van der Waals surface area contributed by atoms with Crippen molar-refractivity contribution in [2.75, 3.05) is 44.3 Å². The average molecular weight is 440 g/mol. The van der Waals surface area contributed by atoms with Crippen LogP contribution >= 0.6 is 0 Å². The number of carbonyl (C=O) groups excluding carboxylic acids is 1. The molecule has 3 aliphatic rings. The van der Waals surface area contributed by atoms with E-state index in [0.717, 1.165) is 63.5 Å². The van der Waals surface area contributed by atoms with Crippen molar-refractivity contribution in [3.05, 3.63) is 65.0 Å². The Hall–Kier alpha value is -2.48. The summed E-state index contributed by atoms with van der Waals surface area (Å²) in [5.41, 5.74) is 3.66. The van der Waals surface area contributed by atoms with Crippen molar-refractivity contribution in [2.24, 2.45) is 0 Å². The molecule has 0 aromatic heterocycles. The number of halogens is 1. The van der Waals surface area contributed by atoms with Crippen molar-refractivity contribution < 1.29 is 19.0 Å². The van der Waals surface area contributed by atoms with Crippen LogP contribution in [0.4, 0.5) is 10.1 Å². The van der Waals surface area contributed by atoms with Crippen molar-refractivity contribution in [3.63, 3.8) is 0 Å². The normalized spacial score (nSPS) is 24.4. The Morgan fingerprint density at radius 2 is 1.81 bits per heavy atom. The van der Waals surface area contributed by atoms with Crippen molar-refractivity contribution in [3.8, 4) is 0 Å². The Balaban J connectivity index is 1.35. The molecule has 0 saturated carbocycles. The molecule has 1 amide bonds. The second kappa shape index (κ2) is 9.17. The minimum Gasteiger partial charge on any atom is -0.391 e. The summed E-state index contributed by atoms with van der Waals surface area (Å²) in [6, 6.07) is 12.0. The zero-order chi connectivity index (χ0) is 22.1. The number of aliphatic hydroxyl groups excluding tert-OH is 1. The van der Waals surface area contributed by atoms with Gasteiger partial charge in [0.1, 0.15) is 5.82 Å². The lowest BCUT2D eigenvalue weighted by atomic mass is 9.96. The van der Waals surface area contributed by atoms with Crippen LogP contribution in [0.1, 0.15) is 40.4 Å².